The number of nitrogens with zero attached hydrogens (tertiary/aromatic N) is 1. The van der Waals surface area contributed by atoms with Gasteiger partial charge in [0.1, 0.15) is 17.7 Å². The van der Waals surface area contributed by atoms with E-state index in [-0.39, 0.29) is 36.0 Å². The number of benzene rings is 2. The van der Waals surface area contributed by atoms with Crippen molar-refractivity contribution >= 4 is 29.5 Å². The predicted molar refractivity (Wildman–Crippen MR) is 209 cm³/mol. The van der Waals surface area contributed by atoms with Crippen LogP contribution < -0.4 is 21.7 Å². The predicted octanol–water partition coefficient (Wildman–Crippen LogP) is 3.08. The largest absolute Gasteiger partial charge is 0.480 e. The molecule has 0 saturated carbocycles. The minimum absolute atomic E-state index is 0.0635. The quantitative estimate of drug-likeness (QED) is 0.133. The number of carboxylic acid groups (broad SMARTS) is 1. The Bertz CT molecular complexity index is 1490. The zero-order valence-corrected chi connectivity index (χ0v) is 32.9. The van der Waals surface area contributed by atoms with Crippen LogP contribution in [0.15, 0.2) is 60.7 Å². The molecule has 0 aromatic heterocycles. The van der Waals surface area contributed by atoms with Crippen molar-refractivity contribution in [3.05, 3.63) is 71.8 Å². The molecule has 2 aliphatic heterocycles. The standard InChI is InChI=1S/C22H33N3O5.C18H26N2O3.CH3F/c1-16(2)14-19(22(28)29)24-21(27)18(9-8-17-6-4-3-5-7-17)23-20(26)15-25-10-12-30-13-11-25;1-12(2)9-15(16(21)18(3)11-23-18)20-17(22)14(19)10-13-7-5-4-6-8-13;1-2/h3-7,16,18-19H,8-15H2,1-2H3,(H,23,26)(H,24,27)(H,28,29);4-8,12,14-15H,9-11,19H2,1-3H3,(H,20,22);1H3/t18-,19-;14-,15-,18+;/m00./s1/i;;1D. The number of aryl methyl sites for hydroxylation is 1. The normalized spacial score (nSPS) is 18.8. The summed E-state index contributed by atoms with van der Waals surface area (Å²) in [6, 6.07) is 16.3. The van der Waals surface area contributed by atoms with Gasteiger partial charge in [0.05, 0.1) is 47.0 Å². The molecule has 306 valence electrons. The van der Waals surface area contributed by atoms with Crippen molar-refractivity contribution in [3.63, 3.8) is 0 Å². The van der Waals surface area contributed by atoms with Crippen LogP contribution in [0.1, 0.15) is 66.4 Å². The lowest BCUT2D eigenvalue weighted by Gasteiger charge is -2.27. The summed E-state index contributed by atoms with van der Waals surface area (Å²) in [6.07, 6.45) is 2.34. The molecule has 2 fully saturated rings. The first-order valence-electron chi connectivity index (χ1n) is 19.6. The maximum absolute atomic E-state index is 12.9. The Morgan fingerprint density at radius 3 is 1.87 bits per heavy atom. The topological polar surface area (TPSA) is 193 Å². The fourth-order valence-corrected chi connectivity index (χ4v) is 5.95. The van der Waals surface area contributed by atoms with E-state index >= 15 is 0 Å². The first kappa shape index (κ1) is 45.2. The van der Waals surface area contributed by atoms with Crippen molar-refractivity contribution in [2.45, 2.75) is 96.5 Å². The zero-order valence-electron chi connectivity index (χ0n) is 33.9. The van der Waals surface area contributed by atoms with E-state index in [4.69, 9.17) is 16.6 Å². The number of epoxide rings is 1. The number of alkyl halides is 1. The van der Waals surface area contributed by atoms with Crippen LogP contribution >= 0.6 is 0 Å². The molecule has 2 heterocycles. The lowest BCUT2D eigenvalue weighted by Crippen LogP contribution is -2.54. The summed E-state index contributed by atoms with van der Waals surface area (Å²) in [5.74, 6) is -1.74. The number of nitrogens with one attached hydrogen (secondary N) is 3. The number of aliphatic carboxylic acids is 1. The number of morpholine rings is 1. The highest BCUT2D eigenvalue weighted by molar-refractivity contribution is 5.97. The molecule has 6 N–H and O–H groups in total. The Balaban J connectivity index is 0.000000372. The van der Waals surface area contributed by atoms with Gasteiger partial charge in [-0.3, -0.25) is 28.5 Å². The SMILES string of the molecule is CC(C)C[C@H](NC(=O)[C@@H](N)Cc1ccccc1)C(=O)[C@@]1(C)CO1.CC(C)C[C@H](NC(=O)[C@H](CCc1ccccc1)NC(=O)CN1CCOCC1)C(=O)O.[2H]CF. The van der Waals surface area contributed by atoms with Crippen LogP contribution in [-0.2, 0) is 46.3 Å². The molecule has 4 rings (SSSR count). The second kappa shape index (κ2) is 24.3. The molecule has 0 unspecified atom stereocenters. The van der Waals surface area contributed by atoms with Crippen molar-refractivity contribution in [2.75, 3.05) is 46.6 Å². The van der Waals surface area contributed by atoms with Crippen LogP contribution in [0.25, 0.3) is 0 Å². The Hall–Kier alpha value is -4.24. The maximum Gasteiger partial charge on any atom is 0.326 e. The minimum atomic E-state index is -1.07. The van der Waals surface area contributed by atoms with Crippen molar-refractivity contribution < 1.29 is 44.3 Å². The summed E-state index contributed by atoms with van der Waals surface area (Å²) in [5, 5.41) is 17.7. The maximum atomic E-state index is 12.9. The smallest absolute Gasteiger partial charge is 0.326 e. The van der Waals surface area contributed by atoms with Gasteiger partial charge in [0, 0.05) is 13.1 Å². The summed E-state index contributed by atoms with van der Waals surface area (Å²) < 4.78 is 26.0. The van der Waals surface area contributed by atoms with E-state index in [0.717, 1.165) is 11.1 Å². The second-order valence-electron chi connectivity index (χ2n) is 14.9. The molecule has 3 amide bonds. The van der Waals surface area contributed by atoms with Gasteiger partial charge in [-0.1, -0.05) is 88.4 Å². The van der Waals surface area contributed by atoms with Gasteiger partial charge in [-0.25, -0.2) is 4.79 Å². The van der Waals surface area contributed by atoms with Gasteiger partial charge >= 0.3 is 5.97 Å². The fraction of sp³-hybridized carbons (Fsp3) is 0.585. The van der Waals surface area contributed by atoms with Gasteiger partial charge < -0.3 is 36.3 Å². The zero-order chi connectivity index (χ0) is 41.7. The summed E-state index contributed by atoms with van der Waals surface area (Å²) in [6.45, 7) is 12.7. The van der Waals surface area contributed by atoms with Crippen LogP contribution in [0.2, 0.25) is 0 Å². The summed E-state index contributed by atoms with van der Waals surface area (Å²) in [7, 11) is -1.00. The molecular weight excluding hydrogens is 709 g/mol. The Labute approximate surface area is 326 Å². The highest BCUT2D eigenvalue weighted by atomic mass is 19.1. The first-order chi connectivity index (χ1) is 26.6. The Morgan fingerprint density at radius 2 is 1.36 bits per heavy atom. The molecule has 2 aliphatic rings. The molecule has 0 bridgehead atoms. The number of Topliss-reactive ketones (excluding diaryl/α,β-unsaturated/α-hetero) is 1. The van der Waals surface area contributed by atoms with E-state index in [1.165, 1.54) is 0 Å². The van der Waals surface area contributed by atoms with E-state index in [2.05, 4.69) is 16.0 Å². The van der Waals surface area contributed by atoms with Gasteiger partial charge in [-0.05, 0) is 62.0 Å². The van der Waals surface area contributed by atoms with Crippen LogP contribution in [0.5, 0.6) is 0 Å². The number of rotatable bonds is 19. The van der Waals surface area contributed by atoms with Gasteiger partial charge in [-0.2, -0.15) is 0 Å². The lowest BCUT2D eigenvalue weighted by atomic mass is 9.93. The van der Waals surface area contributed by atoms with E-state index < -0.39 is 48.8 Å². The number of amides is 3. The van der Waals surface area contributed by atoms with E-state index in [1.807, 2.05) is 93.3 Å². The fourth-order valence-electron chi connectivity index (χ4n) is 5.95. The third-order valence-corrected chi connectivity index (χ3v) is 9.08. The highest BCUT2D eigenvalue weighted by Gasteiger charge is 2.50. The van der Waals surface area contributed by atoms with Crippen molar-refractivity contribution in [1.29, 1.82) is 0 Å². The molecule has 2 saturated heterocycles. The molecular formula is C41H62FN5O8. The number of carbonyl (C=O) groups excluding carboxylic acids is 4. The molecule has 2 aromatic rings. The number of nitrogens with two attached hydrogens (primary N) is 1. The summed E-state index contributed by atoms with van der Waals surface area (Å²) in [4.78, 5) is 63.8. The van der Waals surface area contributed by atoms with Crippen molar-refractivity contribution in [2.24, 2.45) is 17.6 Å². The third kappa shape index (κ3) is 17.8. The Kier molecular flexibility index (Phi) is 20.0. The van der Waals surface area contributed by atoms with Gasteiger partial charge in [0.2, 0.25) is 17.7 Å². The molecule has 13 nitrogen and oxygen atoms in total. The number of ether oxygens (including phenoxy) is 2. The second-order valence-corrected chi connectivity index (χ2v) is 14.9. The number of ketones is 1. The first-order valence-corrected chi connectivity index (χ1v) is 18.9. The molecule has 0 spiro atoms. The van der Waals surface area contributed by atoms with Crippen LogP contribution in [0.3, 0.4) is 0 Å². The summed E-state index contributed by atoms with van der Waals surface area (Å²) >= 11 is 0. The minimum Gasteiger partial charge on any atom is -0.480 e. The van der Waals surface area contributed by atoms with Crippen LogP contribution in [0, 0.1) is 11.8 Å². The molecule has 14 heteroatoms. The van der Waals surface area contributed by atoms with Gasteiger partial charge in [-0.15, -0.1) is 0 Å². The molecule has 55 heavy (non-hydrogen) atoms. The molecule has 0 aliphatic carbocycles. The van der Waals surface area contributed by atoms with Crippen molar-refractivity contribution in [3.8, 4) is 0 Å². The van der Waals surface area contributed by atoms with Crippen LogP contribution in [-0.4, -0.2) is 116 Å². The molecule has 0 radical (unpaired) electrons. The highest BCUT2D eigenvalue weighted by Crippen LogP contribution is 2.29. The number of carboxylic acids is 1. The Morgan fingerprint density at radius 1 is 0.855 bits per heavy atom. The molecule has 2 aromatic carbocycles. The van der Waals surface area contributed by atoms with E-state index in [0.29, 0.717) is 65.0 Å². The number of hydrogen-bond donors (Lipinski definition) is 5. The third-order valence-electron chi connectivity index (χ3n) is 9.08. The number of halogens is 1. The number of carbonyl (C=O) groups is 5. The average Bonchev–Trinajstić information content (AvgIpc) is 3.91. The summed E-state index contributed by atoms with van der Waals surface area (Å²) in [5.41, 5.74) is 7.31. The van der Waals surface area contributed by atoms with Crippen LogP contribution in [0.4, 0.5) is 4.39 Å². The van der Waals surface area contributed by atoms with Crippen molar-refractivity contribution in [1.82, 2.24) is 20.9 Å². The van der Waals surface area contributed by atoms with Gasteiger partial charge in [0.25, 0.3) is 0 Å². The monoisotopic (exact) mass is 772 g/mol. The number of hydrogen-bond acceptors (Lipinski definition) is 9. The van der Waals surface area contributed by atoms with E-state index in [1.54, 1.807) is 6.92 Å². The molecule has 5 atom stereocenters. The van der Waals surface area contributed by atoms with Gasteiger partial charge in [0.15, 0.2) is 5.78 Å². The average molecular weight is 773 g/mol. The van der Waals surface area contributed by atoms with E-state index in [9.17, 15) is 33.5 Å². The lowest BCUT2D eigenvalue weighted by molar-refractivity contribution is -0.142.